The van der Waals surface area contributed by atoms with Crippen molar-refractivity contribution in [2.45, 2.75) is 26.4 Å². The third kappa shape index (κ3) is 3.17. The maximum Gasteiger partial charge on any atom is 0.415 e. The van der Waals surface area contributed by atoms with Crippen LogP contribution in [0.1, 0.15) is 20.8 Å². The van der Waals surface area contributed by atoms with Crippen molar-refractivity contribution >= 4 is 35.0 Å². The van der Waals surface area contributed by atoms with Crippen LogP contribution < -0.4 is 10.2 Å². The van der Waals surface area contributed by atoms with Crippen LogP contribution in [0.2, 0.25) is 5.02 Å². The van der Waals surface area contributed by atoms with Gasteiger partial charge >= 0.3 is 6.09 Å². The molecule has 1 aromatic carbocycles. The maximum absolute atomic E-state index is 12.1. The summed E-state index contributed by atoms with van der Waals surface area (Å²) in [7, 11) is 0. The average molecular weight is 283 g/mol. The summed E-state index contributed by atoms with van der Waals surface area (Å²) in [6.45, 7) is 5.26. The van der Waals surface area contributed by atoms with E-state index >= 15 is 0 Å². The first kappa shape index (κ1) is 13.7. The molecule has 1 aromatic rings. The van der Waals surface area contributed by atoms with E-state index in [1.807, 2.05) is 0 Å². The van der Waals surface area contributed by atoms with Gasteiger partial charge in [-0.05, 0) is 39.0 Å². The van der Waals surface area contributed by atoms with Gasteiger partial charge in [0.15, 0.2) is 0 Å². The van der Waals surface area contributed by atoms with Crippen molar-refractivity contribution in [1.82, 2.24) is 0 Å². The van der Waals surface area contributed by atoms with E-state index in [2.05, 4.69) is 5.32 Å². The summed E-state index contributed by atoms with van der Waals surface area (Å²) in [5.41, 5.74) is 0.477. The number of nitrogens with one attached hydrogen (secondary N) is 1. The minimum atomic E-state index is -0.613. The van der Waals surface area contributed by atoms with Crippen molar-refractivity contribution in [3.8, 4) is 0 Å². The molecule has 102 valence electrons. The first-order valence-electron chi connectivity index (χ1n) is 5.86. The van der Waals surface area contributed by atoms with E-state index in [4.69, 9.17) is 16.3 Å². The van der Waals surface area contributed by atoms with Crippen molar-refractivity contribution in [1.29, 1.82) is 0 Å². The van der Waals surface area contributed by atoms with Gasteiger partial charge in [0.1, 0.15) is 12.1 Å². The quantitative estimate of drug-likeness (QED) is 0.796. The third-order valence-corrected chi connectivity index (χ3v) is 2.67. The molecule has 0 saturated heterocycles. The first-order chi connectivity index (χ1) is 8.76. The number of carbonyl (C=O) groups is 2. The van der Waals surface area contributed by atoms with Crippen molar-refractivity contribution in [3.63, 3.8) is 0 Å². The summed E-state index contributed by atoms with van der Waals surface area (Å²) >= 11 is 5.87. The van der Waals surface area contributed by atoms with Gasteiger partial charge in [0.05, 0.1) is 11.4 Å². The van der Waals surface area contributed by atoms with E-state index < -0.39 is 11.7 Å². The molecular formula is C13H15ClN2O3. The molecule has 0 atom stereocenters. The number of carbonyl (C=O) groups excluding carboxylic acids is 2. The van der Waals surface area contributed by atoms with Crippen molar-refractivity contribution < 1.29 is 14.3 Å². The summed E-state index contributed by atoms with van der Waals surface area (Å²) in [6, 6.07) is 4.95. The molecular weight excluding hydrogens is 268 g/mol. The number of hydrogen-bond donors (Lipinski definition) is 1. The molecule has 0 saturated carbocycles. The number of amides is 2. The monoisotopic (exact) mass is 282 g/mol. The molecule has 0 aromatic heterocycles. The molecule has 0 bridgehead atoms. The number of anilines is 2. The highest BCUT2D eigenvalue weighted by Crippen LogP contribution is 2.32. The van der Waals surface area contributed by atoms with Crippen LogP contribution in [0.5, 0.6) is 0 Å². The van der Waals surface area contributed by atoms with Crippen molar-refractivity contribution in [2.75, 3.05) is 16.8 Å². The highest BCUT2D eigenvalue weighted by atomic mass is 35.5. The highest BCUT2D eigenvalue weighted by molar-refractivity contribution is 6.31. The van der Waals surface area contributed by atoms with Gasteiger partial charge in [0, 0.05) is 5.02 Å². The lowest BCUT2D eigenvalue weighted by Gasteiger charge is -2.31. The predicted molar refractivity (Wildman–Crippen MR) is 73.7 cm³/mol. The Morgan fingerprint density at radius 1 is 1.42 bits per heavy atom. The molecule has 0 fully saturated rings. The summed E-state index contributed by atoms with van der Waals surface area (Å²) < 4.78 is 5.29. The van der Waals surface area contributed by atoms with Gasteiger partial charge < -0.3 is 10.1 Å². The Labute approximate surface area is 116 Å². The van der Waals surface area contributed by atoms with Crippen LogP contribution in [0.3, 0.4) is 0 Å². The van der Waals surface area contributed by atoms with E-state index in [1.165, 1.54) is 4.90 Å². The second kappa shape index (κ2) is 4.74. The Bertz CT molecular complexity index is 537. The molecule has 2 amide bonds. The van der Waals surface area contributed by atoms with Gasteiger partial charge in [0.25, 0.3) is 0 Å². The number of ether oxygens (including phenoxy) is 1. The lowest BCUT2D eigenvalue weighted by atomic mass is 10.2. The number of nitrogens with zero attached hydrogens (tertiary/aromatic N) is 1. The van der Waals surface area contributed by atoms with E-state index in [0.29, 0.717) is 16.4 Å². The standard InChI is InChI=1S/C13H15ClN2O3/c1-13(2,3)19-12(18)16-7-11(17)15-9-6-8(14)4-5-10(9)16/h4-6H,7H2,1-3H3,(H,15,17). The second-order valence-corrected chi connectivity index (χ2v) is 5.71. The zero-order valence-electron chi connectivity index (χ0n) is 11.0. The summed E-state index contributed by atoms with van der Waals surface area (Å²) in [6.07, 6.45) is -0.550. The van der Waals surface area contributed by atoms with Crippen LogP contribution in [0.15, 0.2) is 18.2 Å². The molecule has 0 radical (unpaired) electrons. The normalized spacial score (nSPS) is 14.7. The minimum absolute atomic E-state index is 0.0659. The Morgan fingerprint density at radius 3 is 2.74 bits per heavy atom. The SMILES string of the molecule is CC(C)(C)OC(=O)N1CC(=O)Nc2cc(Cl)ccc21. The molecule has 5 nitrogen and oxygen atoms in total. The number of rotatable bonds is 0. The summed E-state index contributed by atoms with van der Waals surface area (Å²) in [5.74, 6) is -0.277. The fourth-order valence-electron chi connectivity index (χ4n) is 1.74. The van der Waals surface area contributed by atoms with Gasteiger partial charge in [-0.3, -0.25) is 9.69 Å². The van der Waals surface area contributed by atoms with Gasteiger partial charge in [-0.25, -0.2) is 4.79 Å². The lowest BCUT2D eigenvalue weighted by Crippen LogP contribution is -2.44. The number of halogens is 1. The third-order valence-electron chi connectivity index (χ3n) is 2.44. The molecule has 0 unspecified atom stereocenters. The Hall–Kier alpha value is -1.75. The fraction of sp³-hybridized carbons (Fsp3) is 0.385. The van der Waals surface area contributed by atoms with E-state index in [-0.39, 0.29) is 12.5 Å². The Morgan fingerprint density at radius 2 is 2.11 bits per heavy atom. The van der Waals surface area contributed by atoms with Crippen molar-refractivity contribution in [2.24, 2.45) is 0 Å². The molecule has 1 aliphatic heterocycles. The van der Waals surface area contributed by atoms with Crippen LogP contribution in [-0.2, 0) is 9.53 Å². The van der Waals surface area contributed by atoms with Gasteiger partial charge in [-0.15, -0.1) is 0 Å². The van der Waals surface area contributed by atoms with Crippen LogP contribution in [-0.4, -0.2) is 24.1 Å². The van der Waals surface area contributed by atoms with Crippen LogP contribution >= 0.6 is 11.6 Å². The number of hydrogen-bond acceptors (Lipinski definition) is 3. The van der Waals surface area contributed by atoms with E-state index in [0.717, 1.165) is 0 Å². The minimum Gasteiger partial charge on any atom is -0.443 e. The second-order valence-electron chi connectivity index (χ2n) is 5.28. The van der Waals surface area contributed by atoms with Crippen molar-refractivity contribution in [3.05, 3.63) is 23.2 Å². The van der Waals surface area contributed by atoms with E-state index in [9.17, 15) is 9.59 Å². The topological polar surface area (TPSA) is 58.6 Å². The van der Waals surface area contributed by atoms with Crippen LogP contribution in [0, 0.1) is 0 Å². The van der Waals surface area contributed by atoms with Gasteiger partial charge in [-0.1, -0.05) is 11.6 Å². The lowest BCUT2D eigenvalue weighted by molar-refractivity contribution is -0.115. The molecule has 2 rings (SSSR count). The molecule has 19 heavy (non-hydrogen) atoms. The molecule has 0 aliphatic carbocycles. The molecule has 1 aliphatic rings. The Balaban J connectivity index is 2.33. The fourth-order valence-corrected chi connectivity index (χ4v) is 1.91. The predicted octanol–water partition coefficient (Wildman–Crippen LogP) is 3.03. The molecule has 6 heteroatoms. The zero-order valence-corrected chi connectivity index (χ0v) is 11.7. The van der Waals surface area contributed by atoms with Crippen LogP contribution in [0.4, 0.5) is 16.2 Å². The molecule has 1 N–H and O–H groups in total. The summed E-state index contributed by atoms with van der Waals surface area (Å²) in [4.78, 5) is 25.0. The van der Waals surface area contributed by atoms with Crippen LogP contribution in [0.25, 0.3) is 0 Å². The molecule has 1 heterocycles. The average Bonchev–Trinajstić information content (AvgIpc) is 2.24. The van der Waals surface area contributed by atoms with E-state index in [1.54, 1.807) is 39.0 Å². The Kier molecular flexibility index (Phi) is 3.41. The maximum atomic E-state index is 12.1. The smallest absolute Gasteiger partial charge is 0.415 e. The summed E-state index contributed by atoms with van der Waals surface area (Å²) in [5, 5.41) is 3.17. The molecule has 0 spiro atoms. The first-order valence-corrected chi connectivity index (χ1v) is 6.24. The van der Waals surface area contributed by atoms with Gasteiger partial charge in [0.2, 0.25) is 5.91 Å². The largest absolute Gasteiger partial charge is 0.443 e. The zero-order chi connectivity index (χ0) is 14.2. The number of benzene rings is 1. The number of fused-ring (bicyclic) bond motifs is 1. The highest BCUT2D eigenvalue weighted by Gasteiger charge is 2.30. The van der Waals surface area contributed by atoms with Gasteiger partial charge in [-0.2, -0.15) is 0 Å².